The molecule has 8 nitrogen and oxygen atoms in total. The zero-order chi connectivity index (χ0) is 18.0. The molecule has 0 bridgehead atoms. The highest BCUT2D eigenvalue weighted by Crippen LogP contribution is 1.87. The Hall–Kier alpha value is -1.22. The van der Waals surface area contributed by atoms with Gasteiger partial charge in [-0.25, -0.2) is 0 Å². The third-order valence-corrected chi connectivity index (χ3v) is 1.83. The van der Waals surface area contributed by atoms with E-state index in [1.165, 1.54) is 0 Å². The highest BCUT2D eigenvalue weighted by atomic mass is 16.5. The molecule has 0 aromatic rings. The largest absolute Gasteiger partial charge is 0.481 e. The van der Waals surface area contributed by atoms with Crippen molar-refractivity contribution < 1.29 is 39.5 Å². The first-order valence-electron chi connectivity index (χ1n) is 7.03. The van der Waals surface area contributed by atoms with Crippen molar-refractivity contribution in [2.24, 2.45) is 11.8 Å². The third kappa shape index (κ3) is 31.3. The molecule has 0 spiro atoms. The zero-order valence-corrected chi connectivity index (χ0v) is 13.8. The molecule has 0 atom stereocenters. The van der Waals surface area contributed by atoms with Gasteiger partial charge in [0, 0.05) is 0 Å². The standard InChI is InChI=1S/C6H14O4.2C4H8O2/c7-1-3-9-5-6-10-4-2-8;2*1-3(2)4(5)6/h7-8H,1-6H2;2*3H,1-2H3,(H,5,6). The smallest absolute Gasteiger partial charge is 0.305 e. The van der Waals surface area contributed by atoms with Gasteiger partial charge in [0.2, 0.25) is 0 Å². The predicted octanol–water partition coefficient (Wildman–Crippen LogP) is 0.458. The molecule has 0 unspecified atom stereocenters. The Balaban J connectivity index is -0.000000261. The van der Waals surface area contributed by atoms with E-state index in [0.29, 0.717) is 26.4 Å². The molecule has 0 fully saturated rings. The number of aliphatic carboxylic acids is 2. The van der Waals surface area contributed by atoms with Crippen molar-refractivity contribution in [2.45, 2.75) is 27.7 Å². The SMILES string of the molecule is CC(C)C(=O)O.CC(C)C(=O)O.OCCOCCOCCO. The third-order valence-electron chi connectivity index (χ3n) is 1.83. The lowest BCUT2D eigenvalue weighted by molar-refractivity contribution is -0.141. The lowest BCUT2D eigenvalue weighted by Gasteiger charge is -2.01. The summed E-state index contributed by atoms with van der Waals surface area (Å²) in [5.41, 5.74) is 0. The molecule has 134 valence electrons. The van der Waals surface area contributed by atoms with Gasteiger partial charge in [0.1, 0.15) is 0 Å². The average Bonchev–Trinajstić information content (AvgIpc) is 2.44. The second-order valence-electron chi connectivity index (χ2n) is 4.66. The first-order chi connectivity index (χ1) is 10.2. The van der Waals surface area contributed by atoms with Crippen molar-refractivity contribution in [1.82, 2.24) is 0 Å². The fraction of sp³-hybridized carbons (Fsp3) is 0.857. The quantitative estimate of drug-likeness (QED) is 0.449. The summed E-state index contributed by atoms with van der Waals surface area (Å²) >= 11 is 0. The van der Waals surface area contributed by atoms with Crippen LogP contribution in [-0.4, -0.2) is 72.0 Å². The van der Waals surface area contributed by atoms with Gasteiger partial charge in [0.25, 0.3) is 0 Å². The molecular weight excluding hydrogens is 296 g/mol. The number of ether oxygens (including phenoxy) is 2. The number of aliphatic hydroxyl groups excluding tert-OH is 2. The molecule has 0 amide bonds. The number of carboxylic acid groups (broad SMARTS) is 2. The van der Waals surface area contributed by atoms with E-state index < -0.39 is 11.9 Å². The van der Waals surface area contributed by atoms with E-state index in [4.69, 9.17) is 29.9 Å². The van der Waals surface area contributed by atoms with Gasteiger partial charge in [0.15, 0.2) is 0 Å². The van der Waals surface area contributed by atoms with Gasteiger partial charge in [-0.15, -0.1) is 0 Å². The number of hydrogen-bond acceptors (Lipinski definition) is 6. The summed E-state index contributed by atoms with van der Waals surface area (Å²) < 4.78 is 9.75. The Kier molecular flexibility index (Phi) is 23.1. The van der Waals surface area contributed by atoms with Crippen molar-refractivity contribution >= 4 is 11.9 Å². The van der Waals surface area contributed by atoms with Crippen molar-refractivity contribution in [1.29, 1.82) is 0 Å². The van der Waals surface area contributed by atoms with Crippen LogP contribution in [0.25, 0.3) is 0 Å². The van der Waals surface area contributed by atoms with Crippen molar-refractivity contribution in [3.8, 4) is 0 Å². The van der Waals surface area contributed by atoms with Gasteiger partial charge < -0.3 is 29.9 Å². The number of carbonyl (C=O) groups is 2. The maximum absolute atomic E-state index is 9.70. The summed E-state index contributed by atoms with van der Waals surface area (Å²) in [6, 6.07) is 0. The normalized spacial score (nSPS) is 9.64. The average molecular weight is 326 g/mol. The van der Waals surface area contributed by atoms with Crippen LogP contribution in [0.4, 0.5) is 0 Å². The molecule has 0 radical (unpaired) electrons. The molecule has 0 heterocycles. The highest BCUT2D eigenvalue weighted by molar-refractivity contribution is 5.69. The van der Waals surface area contributed by atoms with E-state index in [1.54, 1.807) is 27.7 Å². The topological polar surface area (TPSA) is 134 Å². The number of hydrogen-bond donors (Lipinski definition) is 4. The molecule has 4 N–H and O–H groups in total. The van der Waals surface area contributed by atoms with Crippen LogP contribution in [0.2, 0.25) is 0 Å². The molecule has 0 aliphatic heterocycles. The molecule has 0 aromatic heterocycles. The maximum atomic E-state index is 9.70. The predicted molar refractivity (Wildman–Crippen MR) is 80.8 cm³/mol. The van der Waals surface area contributed by atoms with E-state index in [0.717, 1.165) is 0 Å². The van der Waals surface area contributed by atoms with E-state index in [9.17, 15) is 9.59 Å². The summed E-state index contributed by atoms with van der Waals surface area (Å²) in [5.74, 6) is -1.94. The van der Waals surface area contributed by atoms with Crippen LogP contribution >= 0.6 is 0 Å². The van der Waals surface area contributed by atoms with Crippen molar-refractivity contribution in [3.05, 3.63) is 0 Å². The molecule has 0 aliphatic carbocycles. The van der Waals surface area contributed by atoms with Crippen LogP contribution in [0.3, 0.4) is 0 Å². The molecule has 8 heteroatoms. The first-order valence-corrected chi connectivity index (χ1v) is 7.03. The Labute approximate surface area is 131 Å². The first kappa shape index (κ1) is 25.7. The van der Waals surface area contributed by atoms with Crippen LogP contribution in [0.1, 0.15) is 27.7 Å². The van der Waals surface area contributed by atoms with Crippen LogP contribution in [0.15, 0.2) is 0 Å². The van der Waals surface area contributed by atoms with E-state index in [-0.39, 0.29) is 25.0 Å². The van der Waals surface area contributed by atoms with Crippen LogP contribution in [-0.2, 0) is 19.1 Å². The van der Waals surface area contributed by atoms with Gasteiger partial charge in [0.05, 0.1) is 51.5 Å². The summed E-state index contributed by atoms with van der Waals surface area (Å²) in [6.07, 6.45) is 0. The lowest BCUT2D eigenvalue weighted by atomic mass is 10.2. The second kappa shape index (κ2) is 19.8. The van der Waals surface area contributed by atoms with Gasteiger partial charge >= 0.3 is 11.9 Å². The minimum absolute atomic E-state index is 0.0417. The number of carboxylic acids is 2. The van der Waals surface area contributed by atoms with Gasteiger partial charge in [-0.3, -0.25) is 9.59 Å². The lowest BCUT2D eigenvalue weighted by Crippen LogP contribution is -2.09. The Bertz CT molecular complexity index is 227. The second-order valence-corrected chi connectivity index (χ2v) is 4.66. The van der Waals surface area contributed by atoms with E-state index in [1.807, 2.05) is 0 Å². The van der Waals surface area contributed by atoms with Gasteiger partial charge in [-0.1, -0.05) is 27.7 Å². The maximum Gasteiger partial charge on any atom is 0.305 e. The molecule has 0 saturated heterocycles. The van der Waals surface area contributed by atoms with Gasteiger partial charge in [-0.2, -0.15) is 0 Å². The Morgan fingerprint density at radius 1 is 0.727 bits per heavy atom. The monoisotopic (exact) mass is 326 g/mol. The van der Waals surface area contributed by atoms with Crippen molar-refractivity contribution in [3.63, 3.8) is 0 Å². The van der Waals surface area contributed by atoms with Gasteiger partial charge in [-0.05, 0) is 0 Å². The molecule has 0 rings (SSSR count). The number of aliphatic hydroxyl groups is 2. The highest BCUT2D eigenvalue weighted by Gasteiger charge is 1.99. The molecular formula is C14H30O8. The van der Waals surface area contributed by atoms with E-state index >= 15 is 0 Å². The minimum atomic E-state index is -0.741. The minimum Gasteiger partial charge on any atom is -0.481 e. The molecule has 0 saturated carbocycles. The fourth-order valence-corrected chi connectivity index (χ4v) is 0.451. The molecule has 0 aliphatic rings. The summed E-state index contributed by atoms with van der Waals surface area (Å²) in [6.45, 7) is 8.29. The molecule has 22 heavy (non-hydrogen) atoms. The summed E-state index contributed by atoms with van der Waals surface area (Å²) in [4.78, 5) is 19.4. The van der Waals surface area contributed by atoms with Crippen LogP contribution in [0, 0.1) is 11.8 Å². The van der Waals surface area contributed by atoms with Crippen LogP contribution in [0.5, 0.6) is 0 Å². The summed E-state index contributed by atoms with van der Waals surface area (Å²) in [5, 5.41) is 32.5. The number of rotatable bonds is 9. The fourth-order valence-electron chi connectivity index (χ4n) is 0.451. The van der Waals surface area contributed by atoms with Crippen LogP contribution < -0.4 is 0 Å². The molecule has 0 aromatic carbocycles. The Morgan fingerprint density at radius 2 is 0.955 bits per heavy atom. The van der Waals surface area contributed by atoms with E-state index in [2.05, 4.69) is 0 Å². The summed E-state index contributed by atoms with van der Waals surface area (Å²) in [7, 11) is 0. The zero-order valence-electron chi connectivity index (χ0n) is 13.8. The Morgan fingerprint density at radius 3 is 1.09 bits per heavy atom. The van der Waals surface area contributed by atoms with Crippen molar-refractivity contribution in [2.75, 3.05) is 39.6 Å².